The Morgan fingerprint density at radius 2 is 1.35 bits per heavy atom. The molecule has 4 N–H and O–H groups in total. The lowest BCUT2D eigenvalue weighted by Crippen LogP contribution is -2.36. The van der Waals surface area contributed by atoms with Crippen LogP contribution in [0.2, 0.25) is 0 Å². The molecule has 0 aliphatic carbocycles. The number of rotatable bonds is 6. The van der Waals surface area contributed by atoms with Gasteiger partial charge in [0.1, 0.15) is 0 Å². The Hall–Kier alpha value is -0.160. The van der Waals surface area contributed by atoms with Gasteiger partial charge in [-0.1, -0.05) is 48.5 Å². The Kier molecular flexibility index (Phi) is 10.8. The summed E-state index contributed by atoms with van der Waals surface area (Å²) >= 11 is 0. The summed E-state index contributed by atoms with van der Waals surface area (Å²) in [6.45, 7) is 14.1. The molecule has 0 aromatic rings. The molecular formula is C16H36O4. The molecule has 124 valence electrons. The van der Waals surface area contributed by atoms with Gasteiger partial charge >= 0.3 is 0 Å². The lowest BCUT2D eigenvalue weighted by molar-refractivity contribution is -0.0476. The summed E-state index contributed by atoms with van der Waals surface area (Å²) in [5.41, 5.74) is -0.0525. The molecule has 0 bridgehead atoms. The normalized spacial score (nSPS) is 14.2. The zero-order valence-electron chi connectivity index (χ0n) is 14.3. The van der Waals surface area contributed by atoms with E-state index in [0.29, 0.717) is 11.8 Å². The zero-order chi connectivity index (χ0) is 16.6. The van der Waals surface area contributed by atoms with Crippen molar-refractivity contribution in [1.29, 1.82) is 0 Å². The van der Waals surface area contributed by atoms with Crippen molar-refractivity contribution in [3.63, 3.8) is 0 Å². The third-order valence-electron chi connectivity index (χ3n) is 3.23. The monoisotopic (exact) mass is 292 g/mol. The van der Waals surface area contributed by atoms with E-state index < -0.39 is 12.4 Å². The van der Waals surface area contributed by atoms with Crippen molar-refractivity contribution in [3.8, 4) is 0 Å². The van der Waals surface area contributed by atoms with Gasteiger partial charge in [-0.15, -0.1) is 0 Å². The number of aliphatic hydroxyl groups is 4. The van der Waals surface area contributed by atoms with Crippen LogP contribution < -0.4 is 0 Å². The second kappa shape index (κ2) is 9.72. The molecule has 0 spiro atoms. The summed E-state index contributed by atoms with van der Waals surface area (Å²) in [6, 6.07) is 0. The lowest BCUT2D eigenvalue weighted by atomic mass is 9.82. The van der Waals surface area contributed by atoms with Gasteiger partial charge in [0, 0.05) is 5.41 Å². The molecule has 0 saturated carbocycles. The van der Waals surface area contributed by atoms with Crippen LogP contribution in [0.15, 0.2) is 0 Å². The van der Waals surface area contributed by atoms with Crippen molar-refractivity contribution in [2.75, 3.05) is 6.61 Å². The number of aliphatic hydroxyl groups excluding tert-OH is 3. The maximum absolute atomic E-state index is 9.49. The minimum atomic E-state index is -1.12. The largest absolute Gasteiger partial charge is 0.396 e. The molecule has 0 amide bonds. The van der Waals surface area contributed by atoms with Gasteiger partial charge in [0.05, 0.1) is 12.7 Å². The molecule has 4 nitrogen and oxygen atoms in total. The third-order valence-corrected chi connectivity index (χ3v) is 3.23. The topological polar surface area (TPSA) is 80.9 Å². The van der Waals surface area contributed by atoms with Gasteiger partial charge in [0.25, 0.3) is 0 Å². The molecule has 1 atom stereocenters. The summed E-state index contributed by atoms with van der Waals surface area (Å²) in [6.07, 6.45) is 0.892. The summed E-state index contributed by atoms with van der Waals surface area (Å²) in [5.74, 6) is 0.210. The van der Waals surface area contributed by atoms with E-state index in [9.17, 15) is 5.11 Å². The Bertz CT molecular complexity index is 229. The Labute approximate surface area is 124 Å². The molecule has 4 heteroatoms. The van der Waals surface area contributed by atoms with Gasteiger partial charge in [-0.05, 0) is 30.6 Å². The fourth-order valence-corrected chi connectivity index (χ4v) is 1.81. The van der Waals surface area contributed by atoms with Crippen LogP contribution in [-0.2, 0) is 0 Å². The van der Waals surface area contributed by atoms with Crippen LogP contribution in [0, 0.1) is 16.7 Å². The molecule has 0 aromatic heterocycles. The highest BCUT2D eigenvalue weighted by molar-refractivity contribution is 4.78. The van der Waals surface area contributed by atoms with Crippen LogP contribution >= 0.6 is 0 Å². The van der Waals surface area contributed by atoms with Gasteiger partial charge < -0.3 is 20.4 Å². The highest BCUT2D eigenvalue weighted by Crippen LogP contribution is 2.24. The second-order valence-electron chi connectivity index (χ2n) is 7.77. The Morgan fingerprint density at radius 3 is 1.55 bits per heavy atom. The third kappa shape index (κ3) is 12.9. The molecule has 0 aliphatic rings. The summed E-state index contributed by atoms with van der Waals surface area (Å²) in [7, 11) is 0. The van der Waals surface area contributed by atoms with E-state index in [1.54, 1.807) is 0 Å². The molecule has 0 aromatic carbocycles. The fraction of sp³-hybridized carbons (Fsp3) is 1.00. The smallest absolute Gasteiger partial charge is 0.151 e. The lowest BCUT2D eigenvalue weighted by Gasteiger charge is -2.30. The van der Waals surface area contributed by atoms with E-state index in [2.05, 4.69) is 20.8 Å². The van der Waals surface area contributed by atoms with Crippen LogP contribution in [0.5, 0.6) is 0 Å². The predicted octanol–water partition coefficient (Wildman–Crippen LogP) is 2.54. The van der Waals surface area contributed by atoms with Crippen molar-refractivity contribution in [3.05, 3.63) is 0 Å². The van der Waals surface area contributed by atoms with Crippen LogP contribution in [0.25, 0.3) is 0 Å². The Balaban J connectivity index is 0. The average molecular weight is 292 g/mol. The van der Waals surface area contributed by atoms with Crippen LogP contribution in [0.4, 0.5) is 0 Å². The molecule has 1 unspecified atom stereocenters. The first-order chi connectivity index (χ1) is 8.83. The number of hydrogen-bond donors (Lipinski definition) is 4. The fourth-order valence-electron chi connectivity index (χ4n) is 1.81. The highest BCUT2D eigenvalue weighted by atomic mass is 16.5. The molecule has 0 saturated heterocycles. The maximum atomic E-state index is 9.49. The van der Waals surface area contributed by atoms with Crippen molar-refractivity contribution in [2.45, 2.75) is 80.1 Å². The van der Waals surface area contributed by atoms with Gasteiger partial charge in [-0.3, -0.25) is 0 Å². The minimum absolute atomic E-state index is 0.0341. The van der Waals surface area contributed by atoms with Gasteiger partial charge in [0.2, 0.25) is 0 Å². The molecule has 0 radical (unpaired) electrons. The van der Waals surface area contributed by atoms with Crippen molar-refractivity contribution in [2.24, 2.45) is 16.7 Å². The quantitative estimate of drug-likeness (QED) is 0.567. The van der Waals surface area contributed by atoms with Gasteiger partial charge in [-0.25, -0.2) is 0 Å². The van der Waals surface area contributed by atoms with Crippen LogP contribution in [0.1, 0.15) is 67.7 Å². The highest BCUT2D eigenvalue weighted by Gasteiger charge is 2.28. The van der Waals surface area contributed by atoms with Crippen molar-refractivity contribution in [1.82, 2.24) is 0 Å². The van der Waals surface area contributed by atoms with Crippen molar-refractivity contribution < 1.29 is 20.4 Å². The van der Waals surface area contributed by atoms with E-state index in [4.69, 9.17) is 15.3 Å². The molecule has 20 heavy (non-hydrogen) atoms. The van der Waals surface area contributed by atoms with E-state index in [1.807, 2.05) is 27.7 Å². The molecule has 0 heterocycles. The maximum Gasteiger partial charge on any atom is 0.151 e. The first kappa shape index (κ1) is 22.1. The van der Waals surface area contributed by atoms with E-state index in [1.165, 1.54) is 0 Å². The standard InChI is InChI=1S/2C8H18O2/c1-6(2)7(10)8(3,4)5-9;1-8(2,3)6-4-5-7(9)10/h6-7,9-10H,5H2,1-4H3;7,9-10H,4-6H2,1-3H3. The average Bonchev–Trinajstić information content (AvgIpc) is 2.26. The first-order valence-corrected chi connectivity index (χ1v) is 7.48. The number of hydrogen-bond acceptors (Lipinski definition) is 4. The first-order valence-electron chi connectivity index (χ1n) is 7.48. The Morgan fingerprint density at radius 1 is 0.900 bits per heavy atom. The second-order valence-corrected chi connectivity index (χ2v) is 7.77. The predicted molar refractivity (Wildman–Crippen MR) is 83.2 cm³/mol. The van der Waals surface area contributed by atoms with Crippen LogP contribution in [0.3, 0.4) is 0 Å². The SMILES string of the molecule is CC(C)(C)CCCC(O)O.CC(C)C(O)C(C)(C)CO. The minimum Gasteiger partial charge on any atom is -0.396 e. The van der Waals surface area contributed by atoms with Crippen LogP contribution in [-0.4, -0.2) is 39.4 Å². The zero-order valence-corrected chi connectivity index (χ0v) is 14.3. The van der Waals surface area contributed by atoms with Crippen molar-refractivity contribution >= 4 is 0 Å². The molecule has 0 aliphatic heterocycles. The van der Waals surface area contributed by atoms with E-state index in [0.717, 1.165) is 12.8 Å². The van der Waals surface area contributed by atoms with Gasteiger partial charge in [-0.2, -0.15) is 0 Å². The van der Waals surface area contributed by atoms with E-state index >= 15 is 0 Å². The molecule has 0 fully saturated rings. The van der Waals surface area contributed by atoms with Gasteiger partial charge in [0.15, 0.2) is 6.29 Å². The summed E-state index contributed by atoms with van der Waals surface area (Å²) in [5, 5.41) is 35.4. The molecular weight excluding hydrogens is 256 g/mol. The summed E-state index contributed by atoms with van der Waals surface area (Å²) < 4.78 is 0. The van der Waals surface area contributed by atoms with E-state index in [-0.39, 0.29) is 17.9 Å². The summed E-state index contributed by atoms with van der Waals surface area (Å²) in [4.78, 5) is 0. The molecule has 0 rings (SSSR count).